The van der Waals surface area contributed by atoms with E-state index >= 15 is 0 Å². The second-order valence-corrected chi connectivity index (χ2v) is 5.20. The molecule has 0 atom stereocenters. The maximum absolute atomic E-state index is 8.80. The van der Waals surface area contributed by atoms with Crippen LogP contribution in [0.2, 0.25) is 0 Å². The highest BCUT2D eigenvalue weighted by Gasteiger charge is 2.02. The van der Waals surface area contributed by atoms with Crippen LogP contribution in [0.4, 0.5) is 0 Å². The van der Waals surface area contributed by atoms with Crippen molar-refractivity contribution in [2.45, 2.75) is 11.9 Å². The molecule has 0 aliphatic carbocycles. The third kappa shape index (κ3) is 3.76. The Morgan fingerprint density at radius 1 is 1.42 bits per heavy atom. The predicted molar refractivity (Wildman–Crippen MR) is 75.3 cm³/mol. The molecule has 0 fully saturated rings. The van der Waals surface area contributed by atoms with E-state index in [2.05, 4.69) is 17.2 Å². The Balaban J connectivity index is 1.81. The van der Waals surface area contributed by atoms with Gasteiger partial charge in [-0.1, -0.05) is 6.07 Å². The third-order valence-electron chi connectivity index (χ3n) is 2.52. The van der Waals surface area contributed by atoms with E-state index in [1.165, 1.54) is 0 Å². The summed E-state index contributed by atoms with van der Waals surface area (Å²) in [6.07, 6.45) is 0. The number of nitrogens with zero attached hydrogens (tertiary/aromatic N) is 3. The summed E-state index contributed by atoms with van der Waals surface area (Å²) in [4.78, 5) is 0. The van der Waals surface area contributed by atoms with Crippen LogP contribution in [0.1, 0.15) is 11.3 Å². The van der Waals surface area contributed by atoms with Crippen molar-refractivity contribution < 1.29 is 4.74 Å². The summed E-state index contributed by atoms with van der Waals surface area (Å²) >= 11 is 1.71. The Kier molecular flexibility index (Phi) is 4.48. The minimum Gasteiger partial charge on any atom is -0.493 e. The van der Waals surface area contributed by atoms with Gasteiger partial charge in [0.05, 0.1) is 29.0 Å². The topological polar surface area (TPSA) is 50.8 Å². The molecule has 0 saturated heterocycles. The molecule has 0 unspecified atom stereocenters. The lowest BCUT2D eigenvalue weighted by atomic mass is 10.2. The van der Waals surface area contributed by atoms with Crippen molar-refractivity contribution in [3.8, 4) is 11.8 Å². The van der Waals surface area contributed by atoms with Crippen LogP contribution >= 0.6 is 11.8 Å². The number of ether oxygens (including phenoxy) is 1. The van der Waals surface area contributed by atoms with Crippen LogP contribution in [0.25, 0.3) is 0 Å². The average molecular weight is 273 g/mol. The number of hydrogen-bond acceptors (Lipinski definition) is 4. The van der Waals surface area contributed by atoms with E-state index in [1.54, 1.807) is 23.9 Å². The molecule has 0 bridgehead atoms. The smallest absolute Gasteiger partial charge is 0.120 e. The lowest BCUT2D eigenvalue weighted by Gasteiger charge is -2.06. The molecule has 0 saturated carbocycles. The van der Waals surface area contributed by atoms with Gasteiger partial charge >= 0.3 is 0 Å². The number of rotatable bonds is 5. The molecule has 1 aromatic carbocycles. The molecule has 0 spiro atoms. The normalized spacial score (nSPS) is 10.2. The van der Waals surface area contributed by atoms with Gasteiger partial charge in [0.15, 0.2) is 0 Å². The van der Waals surface area contributed by atoms with Gasteiger partial charge in [0.2, 0.25) is 0 Å². The van der Waals surface area contributed by atoms with Gasteiger partial charge in [0, 0.05) is 12.8 Å². The quantitative estimate of drug-likeness (QED) is 0.621. The number of aryl methyl sites for hydroxylation is 2. The Hall–Kier alpha value is -1.93. The zero-order chi connectivity index (χ0) is 13.7. The summed E-state index contributed by atoms with van der Waals surface area (Å²) < 4.78 is 7.49. The molecular formula is C14H15N3OS. The molecule has 1 heterocycles. The summed E-state index contributed by atoms with van der Waals surface area (Å²) in [5, 5.41) is 14.2. The molecule has 0 amide bonds. The first-order valence-corrected chi connectivity index (χ1v) is 6.94. The summed E-state index contributed by atoms with van der Waals surface area (Å²) in [7, 11) is 1.94. The van der Waals surface area contributed by atoms with Gasteiger partial charge < -0.3 is 4.74 Å². The van der Waals surface area contributed by atoms with Crippen molar-refractivity contribution in [2.75, 3.05) is 12.4 Å². The Labute approximate surface area is 117 Å². The van der Waals surface area contributed by atoms with Gasteiger partial charge in [-0.3, -0.25) is 4.68 Å². The fraction of sp³-hybridized carbons (Fsp3) is 0.286. The van der Waals surface area contributed by atoms with Crippen LogP contribution in [-0.4, -0.2) is 22.1 Å². The fourth-order valence-corrected chi connectivity index (χ4v) is 2.54. The standard InChI is InChI=1S/C14H15N3OS/c1-11-8-14(17(2)16-11)19-7-6-18-13-5-3-4-12(9-13)10-15/h3-5,8-9H,6-7H2,1-2H3. The highest BCUT2D eigenvalue weighted by molar-refractivity contribution is 7.99. The van der Waals surface area contributed by atoms with Crippen molar-refractivity contribution in [1.29, 1.82) is 5.26 Å². The predicted octanol–water partition coefficient (Wildman–Crippen LogP) is 2.77. The summed E-state index contributed by atoms with van der Waals surface area (Å²) in [5.41, 5.74) is 1.64. The molecule has 2 aromatic rings. The fourth-order valence-electron chi connectivity index (χ4n) is 1.68. The van der Waals surface area contributed by atoms with Crippen LogP contribution in [0.15, 0.2) is 35.4 Å². The Bertz CT molecular complexity index is 601. The van der Waals surface area contributed by atoms with Gasteiger partial charge in [-0.05, 0) is 31.2 Å². The molecule has 98 valence electrons. The van der Waals surface area contributed by atoms with E-state index in [-0.39, 0.29) is 0 Å². The number of aromatic nitrogens is 2. The molecule has 0 aliphatic heterocycles. The molecule has 4 nitrogen and oxygen atoms in total. The first-order chi connectivity index (χ1) is 9.19. The third-order valence-corrected chi connectivity index (χ3v) is 3.57. The first-order valence-electron chi connectivity index (χ1n) is 5.95. The molecule has 5 heteroatoms. The molecule has 19 heavy (non-hydrogen) atoms. The Morgan fingerprint density at radius 3 is 2.95 bits per heavy atom. The zero-order valence-electron chi connectivity index (χ0n) is 11.0. The summed E-state index contributed by atoms with van der Waals surface area (Å²) in [6, 6.07) is 11.4. The van der Waals surface area contributed by atoms with E-state index in [9.17, 15) is 0 Å². The van der Waals surface area contributed by atoms with E-state index in [0.29, 0.717) is 12.2 Å². The van der Waals surface area contributed by atoms with Gasteiger partial charge in [0.1, 0.15) is 5.75 Å². The monoisotopic (exact) mass is 273 g/mol. The second-order valence-electron chi connectivity index (χ2n) is 4.08. The zero-order valence-corrected chi connectivity index (χ0v) is 11.8. The molecule has 0 radical (unpaired) electrons. The van der Waals surface area contributed by atoms with Crippen molar-refractivity contribution in [1.82, 2.24) is 9.78 Å². The van der Waals surface area contributed by atoms with Gasteiger partial charge in [-0.25, -0.2) is 0 Å². The van der Waals surface area contributed by atoms with Crippen LogP contribution in [0.3, 0.4) is 0 Å². The SMILES string of the molecule is Cc1cc(SCCOc2cccc(C#N)c2)n(C)n1. The average Bonchev–Trinajstić information content (AvgIpc) is 2.73. The highest BCUT2D eigenvalue weighted by atomic mass is 32.2. The van der Waals surface area contributed by atoms with E-state index in [1.807, 2.05) is 30.8 Å². The van der Waals surface area contributed by atoms with Crippen LogP contribution < -0.4 is 4.74 Å². The molecule has 1 aromatic heterocycles. The minimum absolute atomic E-state index is 0.601. The van der Waals surface area contributed by atoms with Crippen molar-refractivity contribution in [2.24, 2.45) is 7.05 Å². The molecule has 0 aliphatic rings. The number of benzene rings is 1. The number of nitriles is 1. The first kappa shape index (κ1) is 13.5. The van der Waals surface area contributed by atoms with Gasteiger partial charge in [-0.15, -0.1) is 11.8 Å². The number of thioether (sulfide) groups is 1. The minimum atomic E-state index is 0.601. The van der Waals surface area contributed by atoms with Crippen molar-refractivity contribution in [3.63, 3.8) is 0 Å². The maximum Gasteiger partial charge on any atom is 0.120 e. The number of hydrogen-bond donors (Lipinski definition) is 0. The van der Waals surface area contributed by atoms with Crippen LogP contribution in [0, 0.1) is 18.3 Å². The lowest BCUT2D eigenvalue weighted by Crippen LogP contribution is -2.01. The van der Waals surface area contributed by atoms with Gasteiger partial charge in [-0.2, -0.15) is 10.4 Å². The Morgan fingerprint density at radius 2 is 2.26 bits per heavy atom. The van der Waals surface area contributed by atoms with Crippen LogP contribution in [-0.2, 0) is 7.05 Å². The van der Waals surface area contributed by atoms with Crippen LogP contribution in [0.5, 0.6) is 5.75 Å². The molecule has 2 rings (SSSR count). The largest absolute Gasteiger partial charge is 0.493 e. The van der Waals surface area contributed by atoms with Crippen molar-refractivity contribution in [3.05, 3.63) is 41.6 Å². The van der Waals surface area contributed by atoms with E-state index in [0.717, 1.165) is 22.2 Å². The molecule has 0 N–H and O–H groups in total. The van der Waals surface area contributed by atoms with E-state index in [4.69, 9.17) is 10.00 Å². The van der Waals surface area contributed by atoms with Crippen molar-refractivity contribution >= 4 is 11.8 Å². The second kappa shape index (κ2) is 6.30. The molecular weight excluding hydrogens is 258 g/mol. The maximum atomic E-state index is 8.80. The highest BCUT2D eigenvalue weighted by Crippen LogP contribution is 2.19. The summed E-state index contributed by atoms with van der Waals surface area (Å²) in [6.45, 7) is 2.58. The lowest BCUT2D eigenvalue weighted by molar-refractivity contribution is 0.344. The summed E-state index contributed by atoms with van der Waals surface area (Å²) in [5.74, 6) is 1.58. The van der Waals surface area contributed by atoms with Gasteiger partial charge in [0.25, 0.3) is 0 Å². The van der Waals surface area contributed by atoms with E-state index < -0.39 is 0 Å².